The lowest BCUT2D eigenvalue weighted by molar-refractivity contribution is -0.143. The van der Waals surface area contributed by atoms with Gasteiger partial charge < -0.3 is 14.2 Å². The van der Waals surface area contributed by atoms with Crippen molar-refractivity contribution in [1.29, 1.82) is 0 Å². The molecule has 0 bridgehead atoms. The van der Waals surface area contributed by atoms with E-state index in [0.29, 0.717) is 12.4 Å². The molecule has 2 rings (SSSR count). The summed E-state index contributed by atoms with van der Waals surface area (Å²) in [7, 11) is 1.28. The van der Waals surface area contributed by atoms with Crippen molar-refractivity contribution in [3.63, 3.8) is 0 Å². The molecule has 5 heteroatoms. The topological polar surface area (TPSA) is 48.1 Å². The smallest absolute Gasteiger partial charge is 0.357 e. The summed E-state index contributed by atoms with van der Waals surface area (Å²) in [6, 6.07) is 7.35. The molecule has 0 spiro atoms. The second kappa shape index (κ2) is 4.44. The van der Waals surface area contributed by atoms with Crippen LogP contribution in [0.3, 0.4) is 0 Å². The number of epoxide rings is 1. The van der Waals surface area contributed by atoms with Gasteiger partial charge in [-0.15, -0.1) is 0 Å². The number of carbonyl (C=O) groups is 1. The predicted molar refractivity (Wildman–Crippen MR) is 66.6 cm³/mol. The molecule has 0 N–H and O–H groups in total. The molecule has 0 aromatic heterocycles. The molecule has 0 saturated carbocycles. The van der Waals surface area contributed by atoms with E-state index in [1.54, 1.807) is 6.92 Å². The number of para-hydroxylation sites is 1. The van der Waals surface area contributed by atoms with Gasteiger partial charge in [0.2, 0.25) is 0 Å². The van der Waals surface area contributed by atoms with E-state index in [-0.39, 0.29) is 0 Å². The average molecular weight is 271 g/mol. The van der Waals surface area contributed by atoms with Crippen LogP contribution in [0.15, 0.2) is 24.3 Å². The van der Waals surface area contributed by atoms with Crippen LogP contribution in [-0.4, -0.2) is 24.7 Å². The zero-order valence-electron chi connectivity index (χ0n) is 10.5. The third-order valence-corrected chi connectivity index (χ3v) is 3.66. The first kappa shape index (κ1) is 13.2. The highest BCUT2D eigenvalue weighted by Crippen LogP contribution is 2.60. The maximum absolute atomic E-state index is 11.6. The minimum absolute atomic E-state index is 0.528. The Morgan fingerprint density at radius 2 is 2.11 bits per heavy atom. The van der Waals surface area contributed by atoms with E-state index in [1.165, 1.54) is 7.11 Å². The Balaban J connectivity index is 2.36. The van der Waals surface area contributed by atoms with Crippen molar-refractivity contribution in [2.45, 2.75) is 24.5 Å². The third-order valence-electron chi connectivity index (χ3n) is 3.07. The van der Waals surface area contributed by atoms with Gasteiger partial charge in [-0.05, 0) is 19.9 Å². The molecule has 1 heterocycles. The molecule has 1 aliphatic rings. The van der Waals surface area contributed by atoms with Crippen molar-refractivity contribution in [3.05, 3.63) is 29.8 Å². The standard InChI is InChI=1S/C13H15ClO4/c1-4-17-10-8-6-5-7-9(10)12(2)13(14,18-12)11(15)16-3/h5-8H,4H2,1-3H3. The summed E-state index contributed by atoms with van der Waals surface area (Å²) in [5.74, 6) is 0.0619. The van der Waals surface area contributed by atoms with Crippen LogP contribution in [0.2, 0.25) is 0 Å². The molecule has 1 fully saturated rings. The summed E-state index contributed by atoms with van der Waals surface area (Å²) >= 11 is 6.16. The molecule has 0 aliphatic carbocycles. The highest BCUT2D eigenvalue weighted by Gasteiger charge is 2.74. The minimum atomic E-state index is -1.46. The SMILES string of the molecule is CCOc1ccccc1C1(C)OC1(Cl)C(=O)OC. The van der Waals surface area contributed by atoms with Crippen LogP contribution < -0.4 is 4.74 Å². The normalized spacial score (nSPS) is 29.8. The fourth-order valence-electron chi connectivity index (χ4n) is 1.99. The molecule has 98 valence electrons. The molecule has 2 unspecified atom stereocenters. The van der Waals surface area contributed by atoms with Crippen LogP contribution in [0.1, 0.15) is 19.4 Å². The summed E-state index contributed by atoms with van der Waals surface area (Å²) in [5, 5.41) is -1.46. The maximum Gasteiger partial charge on any atom is 0.357 e. The first-order valence-corrected chi connectivity index (χ1v) is 6.07. The highest BCUT2D eigenvalue weighted by atomic mass is 35.5. The zero-order valence-corrected chi connectivity index (χ0v) is 11.3. The van der Waals surface area contributed by atoms with E-state index in [0.717, 1.165) is 5.56 Å². The summed E-state index contributed by atoms with van der Waals surface area (Å²) < 4.78 is 15.6. The van der Waals surface area contributed by atoms with Crippen molar-refractivity contribution in [2.75, 3.05) is 13.7 Å². The number of rotatable bonds is 4. The molecule has 0 amide bonds. The predicted octanol–water partition coefficient (Wildman–Crippen LogP) is 2.44. The van der Waals surface area contributed by atoms with Gasteiger partial charge in [0.1, 0.15) is 5.75 Å². The second-order valence-corrected chi connectivity index (χ2v) is 4.68. The van der Waals surface area contributed by atoms with E-state index in [4.69, 9.17) is 21.1 Å². The Labute approximate surface area is 111 Å². The average Bonchev–Trinajstić information content (AvgIpc) is 2.95. The van der Waals surface area contributed by atoms with E-state index < -0.39 is 16.6 Å². The number of alkyl halides is 1. The monoisotopic (exact) mass is 270 g/mol. The molecular weight excluding hydrogens is 256 g/mol. The van der Waals surface area contributed by atoms with Gasteiger partial charge in [-0.3, -0.25) is 0 Å². The first-order chi connectivity index (χ1) is 8.49. The van der Waals surface area contributed by atoms with Crippen molar-refractivity contribution >= 4 is 17.6 Å². The van der Waals surface area contributed by atoms with E-state index >= 15 is 0 Å². The summed E-state index contributed by atoms with van der Waals surface area (Å²) in [6.07, 6.45) is 0. The molecule has 18 heavy (non-hydrogen) atoms. The molecule has 1 saturated heterocycles. The number of halogens is 1. The molecular formula is C13H15ClO4. The Kier molecular flexibility index (Phi) is 3.25. The minimum Gasteiger partial charge on any atom is -0.493 e. The van der Waals surface area contributed by atoms with Gasteiger partial charge in [0.25, 0.3) is 5.06 Å². The molecule has 4 nitrogen and oxygen atoms in total. The Morgan fingerprint density at radius 1 is 1.44 bits per heavy atom. The van der Waals surface area contributed by atoms with Gasteiger partial charge in [0.15, 0.2) is 5.60 Å². The first-order valence-electron chi connectivity index (χ1n) is 5.69. The molecule has 1 aliphatic heterocycles. The number of hydrogen-bond donors (Lipinski definition) is 0. The largest absolute Gasteiger partial charge is 0.493 e. The van der Waals surface area contributed by atoms with Crippen LogP contribution in [0, 0.1) is 0 Å². The van der Waals surface area contributed by atoms with E-state index in [9.17, 15) is 4.79 Å². The van der Waals surface area contributed by atoms with Gasteiger partial charge in [0.05, 0.1) is 13.7 Å². The summed E-state index contributed by atoms with van der Waals surface area (Å²) in [4.78, 5) is 11.6. The van der Waals surface area contributed by atoms with Gasteiger partial charge in [-0.2, -0.15) is 0 Å². The van der Waals surface area contributed by atoms with Crippen molar-refractivity contribution < 1.29 is 19.0 Å². The molecule has 1 aromatic carbocycles. The number of ether oxygens (including phenoxy) is 3. The van der Waals surface area contributed by atoms with E-state index in [1.807, 2.05) is 31.2 Å². The Bertz CT molecular complexity index is 476. The van der Waals surface area contributed by atoms with Crippen LogP contribution >= 0.6 is 11.6 Å². The molecule has 0 radical (unpaired) electrons. The number of hydrogen-bond acceptors (Lipinski definition) is 4. The lowest BCUT2D eigenvalue weighted by Gasteiger charge is -2.14. The number of esters is 1. The molecule has 2 atom stereocenters. The van der Waals surface area contributed by atoms with Crippen molar-refractivity contribution in [1.82, 2.24) is 0 Å². The number of benzene rings is 1. The number of methoxy groups -OCH3 is 1. The van der Waals surface area contributed by atoms with Gasteiger partial charge in [0, 0.05) is 5.56 Å². The second-order valence-electron chi connectivity index (χ2n) is 4.15. The summed E-state index contributed by atoms with van der Waals surface area (Å²) in [5.41, 5.74) is -0.180. The highest BCUT2D eigenvalue weighted by molar-refractivity contribution is 6.35. The number of carbonyl (C=O) groups excluding carboxylic acids is 1. The van der Waals surface area contributed by atoms with Crippen LogP contribution in [0.5, 0.6) is 5.75 Å². The van der Waals surface area contributed by atoms with Gasteiger partial charge >= 0.3 is 5.97 Å². The molecule has 1 aromatic rings. The van der Waals surface area contributed by atoms with E-state index in [2.05, 4.69) is 4.74 Å². The lowest BCUT2D eigenvalue weighted by atomic mass is 9.96. The maximum atomic E-state index is 11.6. The Morgan fingerprint density at radius 3 is 2.72 bits per heavy atom. The van der Waals surface area contributed by atoms with Gasteiger partial charge in [-0.1, -0.05) is 29.8 Å². The van der Waals surface area contributed by atoms with Crippen molar-refractivity contribution in [2.24, 2.45) is 0 Å². The van der Waals surface area contributed by atoms with Gasteiger partial charge in [-0.25, -0.2) is 4.79 Å². The Hall–Kier alpha value is -1.26. The zero-order chi connectivity index (χ0) is 13.4. The quantitative estimate of drug-likeness (QED) is 0.479. The fraction of sp³-hybridized carbons (Fsp3) is 0.462. The van der Waals surface area contributed by atoms with Crippen LogP contribution in [-0.2, 0) is 19.9 Å². The summed E-state index contributed by atoms with van der Waals surface area (Å²) in [6.45, 7) is 4.16. The lowest BCUT2D eigenvalue weighted by Crippen LogP contribution is -2.27. The fourth-order valence-corrected chi connectivity index (χ4v) is 2.33. The van der Waals surface area contributed by atoms with Crippen LogP contribution in [0.25, 0.3) is 0 Å². The third kappa shape index (κ3) is 1.76. The van der Waals surface area contributed by atoms with Crippen molar-refractivity contribution in [3.8, 4) is 5.75 Å². The van der Waals surface area contributed by atoms with Crippen LogP contribution in [0.4, 0.5) is 0 Å².